The van der Waals surface area contributed by atoms with E-state index in [1.54, 1.807) is 0 Å². The second-order valence-electron chi connectivity index (χ2n) is 4.60. The highest BCUT2D eigenvalue weighted by atomic mass is 32.1. The first kappa shape index (κ1) is 10.8. The van der Waals surface area contributed by atoms with E-state index < -0.39 is 0 Å². The molecule has 15 heavy (non-hydrogen) atoms. The molecule has 1 aliphatic rings. The lowest BCUT2D eigenvalue weighted by Crippen LogP contribution is -2.05. The van der Waals surface area contributed by atoms with Crippen LogP contribution in [0.1, 0.15) is 56.1 Å². The van der Waals surface area contributed by atoms with Crippen LogP contribution in [0, 0.1) is 4.64 Å². The maximum atomic E-state index is 5.37. The van der Waals surface area contributed by atoms with E-state index in [0.717, 1.165) is 23.3 Å². The number of aromatic amines is 1. The predicted molar refractivity (Wildman–Crippen MR) is 64.8 cm³/mol. The third-order valence-corrected chi connectivity index (χ3v) is 3.36. The summed E-state index contributed by atoms with van der Waals surface area (Å²) in [7, 11) is 0. The fourth-order valence-corrected chi connectivity index (χ4v) is 2.41. The number of hydrogen-bond acceptors (Lipinski definition) is 2. The Morgan fingerprint density at radius 1 is 1.20 bits per heavy atom. The molecule has 1 aliphatic carbocycles. The van der Waals surface area contributed by atoms with E-state index in [4.69, 9.17) is 12.2 Å². The Hall–Kier alpha value is -0.700. The van der Waals surface area contributed by atoms with Crippen molar-refractivity contribution in [3.05, 3.63) is 21.7 Å². The van der Waals surface area contributed by atoms with Gasteiger partial charge in [-0.05, 0) is 25.7 Å². The van der Waals surface area contributed by atoms with Crippen LogP contribution >= 0.6 is 12.2 Å². The summed E-state index contributed by atoms with van der Waals surface area (Å²) < 4.78 is 0.828. The van der Waals surface area contributed by atoms with E-state index in [0.29, 0.717) is 5.92 Å². The molecule has 0 spiro atoms. The molecule has 0 bridgehead atoms. The molecule has 0 fully saturated rings. The summed E-state index contributed by atoms with van der Waals surface area (Å²) in [5.74, 6) is 1.47. The van der Waals surface area contributed by atoms with Gasteiger partial charge in [0.1, 0.15) is 10.5 Å². The van der Waals surface area contributed by atoms with Gasteiger partial charge >= 0.3 is 0 Å². The number of hydrogen-bond donors (Lipinski definition) is 1. The lowest BCUT2D eigenvalue weighted by Gasteiger charge is -2.11. The van der Waals surface area contributed by atoms with Crippen molar-refractivity contribution >= 4 is 12.2 Å². The van der Waals surface area contributed by atoms with Crippen LogP contribution in [0.2, 0.25) is 0 Å². The summed E-state index contributed by atoms with van der Waals surface area (Å²) in [5.41, 5.74) is 2.64. The second kappa shape index (κ2) is 4.44. The van der Waals surface area contributed by atoms with Crippen LogP contribution in [0.5, 0.6) is 0 Å². The largest absolute Gasteiger partial charge is 0.347 e. The number of nitrogens with zero attached hydrogens (tertiary/aromatic N) is 1. The van der Waals surface area contributed by atoms with Crippen LogP contribution in [0.3, 0.4) is 0 Å². The molecule has 0 saturated carbocycles. The highest BCUT2D eigenvalue weighted by Crippen LogP contribution is 2.21. The van der Waals surface area contributed by atoms with Crippen LogP contribution in [0.4, 0.5) is 0 Å². The van der Waals surface area contributed by atoms with E-state index in [1.165, 1.54) is 30.5 Å². The minimum Gasteiger partial charge on any atom is -0.347 e. The van der Waals surface area contributed by atoms with Crippen LogP contribution in [-0.2, 0) is 12.8 Å². The Labute approximate surface area is 96.1 Å². The highest BCUT2D eigenvalue weighted by molar-refractivity contribution is 7.71. The molecule has 82 valence electrons. The summed E-state index contributed by atoms with van der Waals surface area (Å²) in [6, 6.07) is 0. The Bertz CT molecular complexity index is 407. The van der Waals surface area contributed by atoms with Gasteiger partial charge in [-0.25, -0.2) is 4.98 Å². The molecule has 0 atom stereocenters. The number of aryl methyl sites for hydroxylation is 1. The van der Waals surface area contributed by atoms with Gasteiger partial charge in [0.15, 0.2) is 0 Å². The molecule has 1 N–H and O–H groups in total. The molecule has 1 heterocycles. The van der Waals surface area contributed by atoms with Gasteiger partial charge in [0.25, 0.3) is 0 Å². The molecule has 1 aromatic heterocycles. The molecule has 0 amide bonds. The molecule has 3 heteroatoms. The standard InChI is InChI=1S/C12H18N2S/c1-8(2)11-13-10-7-5-3-4-6-9(10)12(15)14-11/h8H,3-7H2,1-2H3,(H,13,14,15). The summed E-state index contributed by atoms with van der Waals surface area (Å²) in [6.07, 6.45) is 6.10. The zero-order valence-corrected chi connectivity index (χ0v) is 10.3. The van der Waals surface area contributed by atoms with Crippen molar-refractivity contribution in [2.24, 2.45) is 0 Å². The van der Waals surface area contributed by atoms with Gasteiger partial charge in [-0.1, -0.05) is 32.5 Å². The minimum absolute atomic E-state index is 0.431. The molecular weight excluding hydrogens is 204 g/mol. The van der Waals surface area contributed by atoms with Crippen molar-refractivity contribution < 1.29 is 0 Å². The molecule has 0 radical (unpaired) electrons. The summed E-state index contributed by atoms with van der Waals surface area (Å²) >= 11 is 5.37. The third kappa shape index (κ3) is 2.28. The Balaban J connectivity index is 2.49. The number of H-pyrrole nitrogens is 1. The van der Waals surface area contributed by atoms with Crippen LogP contribution in [0.25, 0.3) is 0 Å². The monoisotopic (exact) mass is 222 g/mol. The quantitative estimate of drug-likeness (QED) is 0.581. The van der Waals surface area contributed by atoms with Crippen LogP contribution in [-0.4, -0.2) is 9.97 Å². The SMILES string of the molecule is CC(C)c1nc(=S)c2c([nH]1)CCCCC2. The fraction of sp³-hybridized carbons (Fsp3) is 0.667. The van der Waals surface area contributed by atoms with Crippen molar-refractivity contribution in [2.45, 2.75) is 51.9 Å². The Morgan fingerprint density at radius 3 is 2.67 bits per heavy atom. The van der Waals surface area contributed by atoms with Gasteiger partial charge in [-0.15, -0.1) is 0 Å². The molecule has 0 aromatic carbocycles. The third-order valence-electron chi connectivity index (χ3n) is 3.02. The summed E-state index contributed by atoms with van der Waals surface area (Å²) in [6.45, 7) is 4.30. The normalized spacial score (nSPS) is 16.2. The molecule has 0 unspecified atom stereocenters. The van der Waals surface area contributed by atoms with E-state index in [1.807, 2.05) is 0 Å². The first-order valence-electron chi connectivity index (χ1n) is 5.80. The molecule has 0 saturated heterocycles. The van der Waals surface area contributed by atoms with Crippen molar-refractivity contribution in [3.8, 4) is 0 Å². The smallest absolute Gasteiger partial charge is 0.133 e. The van der Waals surface area contributed by atoms with Gasteiger partial charge in [0.2, 0.25) is 0 Å². The zero-order chi connectivity index (χ0) is 10.8. The number of nitrogens with one attached hydrogen (secondary N) is 1. The summed E-state index contributed by atoms with van der Waals surface area (Å²) in [4.78, 5) is 7.95. The van der Waals surface area contributed by atoms with Crippen molar-refractivity contribution in [3.63, 3.8) is 0 Å². The van der Waals surface area contributed by atoms with Gasteiger partial charge in [-0.2, -0.15) is 0 Å². The first-order chi connectivity index (χ1) is 7.18. The predicted octanol–water partition coefficient (Wildman–Crippen LogP) is 3.53. The fourth-order valence-electron chi connectivity index (χ4n) is 2.09. The van der Waals surface area contributed by atoms with Gasteiger partial charge in [0.05, 0.1) is 0 Å². The van der Waals surface area contributed by atoms with Crippen molar-refractivity contribution in [1.29, 1.82) is 0 Å². The lowest BCUT2D eigenvalue weighted by molar-refractivity contribution is 0.705. The molecule has 0 aliphatic heterocycles. The van der Waals surface area contributed by atoms with E-state index in [2.05, 4.69) is 23.8 Å². The van der Waals surface area contributed by atoms with E-state index in [-0.39, 0.29) is 0 Å². The minimum atomic E-state index is 0.431. The molecule has 1 aromatic rings. The lowest BCUT2D eigenvalue weighted by atomic mass is 10.1. The molecule has 2 rings (SSSR count). The average Bonchev–Trinajstić information content (AvgIpc) is 2.42. The number of fused-ring (bicyclic) bond motifs is 1. The maximum absolute atomic E-state index is 5.37. The van der Waals surface area contributed by atoms with E-state index in [9.17, 15) is 0 Å². The number of aromatic nitrogens is 2. The van der Waals surface area contributed by atoms with Crippen LogP contribution in [0.15, 0.2) is 0 Å². The molecule has 2 nitrogen and oxygen atoms in total. The van der Waals surface area contributed by atoms with Crippen LogP contribution < -0.4 is 0 Å². The number of rotatable bonds is 1. The molecular formula is C12H18N2S. The topological polar surface area (TPSA) is 28.7 Å². The highest BCUT2D eigenvalue weighted by Gasteiger charge is 2.13. The van der Waals surface area contributed by atoms with Crippen molar-refractivity contribution in [2.75, 3.05) is 0 Å². The maximum Gasteiger partial charge on any atom is 0.133 e. The zero-order valence-electron chi connectivity index (χ0n) is 9.47. The Kier molecular flexibility index (Phi) is 3.19. The average molecular weight is 222 g/mol. The first-order valence-corrected chi connectivity index (χ1v) is 6.21. The van der Waals surface area contributed by atoms with E-state index >= 15 is 0 Å². The van der Waals surface area contributed by atoms with Gasteiger partial charge in [0, 0.05) is 17.2 Å². The van der Waals surface area contributed by atoms with Crippen molar-refractivity contribution in [1.82, 2.24) is 9.97 Å². The van der Waals surface area contributed by atoms with Gasteiger partial charge in [-0.3, -0.25) is 0 Å². The Morgan fingerprint density at radius 2 is 1.93 bits per heavy atom. The summed E-state index contributed by atoms with van der Waals surface area (Å²) in [5, 5.41) is 0. The van der Waals surface area contributed by atoms with Gasteiger partial charge < -0.3 is 4.98 Å². The second-order valence-corrected chi connectivity index (χ2v) is 4.99.